The molecular weight excluding hydrogens is 320 g/mol. The van der Waals surface area contributed by atoms with Crippen LogP contribution in [0.5, 0.6) is 0 Å². The number of carbonyl (C=O) groups is 1. The van der Waals surface area contributed by atoms with E-state index in [1.807, 2.05) is 0 Å². The van der Waals surface area contributed by atoms with Crippen molar-refractivity contribution in [3.63, 3.8) is 0 Å². The smallest absolute Gasteiger partial charge is 0.303 e. The first-order valence-corrected chi connectivity index (χ1v) is 10.2. The number of carboxylic acids is 1. The molecule has 0 fully saturated rings. The average Bonchev–Trinajstić information content (AvgIpc) is 2.62. The maximum atomic E-state index is 10.4. The predicted molar refractivity (Wildman–Crippen MR) is 114 cm³/mol. The third-order valence-corrected chi connectivity index (χ3v) is 3.96. The van der Waals surface area contributed by atoms with Crippen LogP contribution < -0.4 is 0 Å². The van der Waals surface area contributed by atoms with Crippen LogP contribution in [0.15, 0.2) is 60.8 Å². The van der Waals surface area contributed by atoms with Crippen molar-refractivity contribution < 1.29 is 9.90 Å². The molecule has 1 N–H and O–H groups in total. The van der Waals surface area contributed by atoms with Crippen LogP contribution in [0.3, 0.4) is 0 Å². The minimum absolute atomic E-state index is 0.306. The van der Waals surface area contributed by atoms with Crippen LogP contribution in [-0.2, 0) is 4.79 Å². The van der Waals surface area contributed by atoms with Gasteiger partial charge in [-0.15, -0.1) is 0 Å². The Kier molecular flexibility index (Phi) is 19.7. The summed E-state index contributed by atoms with van der Waals surface area (Å²) in [6.45, 7) is 2.07. The second-order valence-electron chi connectivity index (χ2n) is 6.45. The van der Waals surface area contributed by atoms with Crippen LogP contribution in [0.4, 0.5) is 0 Å². The lowest BCUT2D eigenvalue weighted by Gasteiger charge is -1.96. The van der Waals surface area contributed by atoms with E-state index in [1.54, 1.807) is 0 Å². The van der Waals surface area contributed by atoms with Crippen LogP contribution in [-0.4, -0.2) is 11.1 Å². The summed E-state index contributed by atoms with van der Waals surface area (Å²) in [6.07, 6.45) is 34.4. The lowest BCUT2D eigenvalue weighted by molar-refractivity contribution is -0.137. The largest absolute Gasteiger partial charge is 0.481 e. The molecular formula is C24H38O2. The maximum Gasteiger partial charge on any atom is 0.303 e. The number of allylic oxidation sites excluding steroid dienone is 10. The highest BCUT2D eigenvalue weighted by Crippen LogP contribution is 2.06. The quantitative estimate of drug-likeness (QED) is 0.165. The molecule has 0 aromatic carbocycles. The maximum absolute atomic E-state index is 10.4. The molecule has 0 aromatic heterocycles. The number of unbranched alkanes of at least 4 members (excludes halogenated alkanes) is 7. The normalized spacial score (nSPS) is 12.7. The zero-order valence-corrected chi connectivity index (χ0v) is 16.6. The van der Waals surface area contributed by atoms with Crippen LogP contribution in [0, 0.1) is 0 Å². The van der Waals surface area contributed by atoms with Gasteiger partial charge in [-0.1, -0.05) is 73.6 Å². The van der Waals surface area contributed by atoms with E-state index < -0.39 is 5.97 Å². The van der Waals surface area contributed by atoms with E-state index >= 15 is 0 Å². The Hall–Kier alpha value is -1.83. The van der Waals surface area contributed by atoms with Gasteiger partial charge in [-0.05, 0) is 64.7 Å². The van der Waals surface area contributed by atoms with Gasteiger partial charge in [0.25, 0.3) is 0 Å². The summed E-state index contributed by atoms with van der Waals surface area (Å²) in [4.78, 5) is 10.4. The highest BCUT2D eigenvalue weighted by molar-refractivity contribution is 5.66. The first kappa shape index (κ1) is 24.2. The topological polar surface area (TPSA) is 37.3 Å². The third kappa shape index (κ3) is 22.2. The van der Waals surface area contributed by atoms with E-state index in [1.165, 1.54) is 0 Å². The van der Waals surface area contributed by atoms with Gasteiger partial charge in [0.1, 0.15) is 0 Å². The summed E-state index contributed by atoms with van der Waals surface area (Å²) in [7, 11) is 0. The molecule has 146 valence electrons. The fourth-order valence-corrected chi connectivity index (χ4v) is 2.46. The molecule has 2 nitrogen and oxygen atoms in total. The van der Waals surface area contributed by atoms with Gasteiger partial charge in [-0.2, -0.15) is 0 Å². The molecule has 0 amide bonds. The van der Waals surface area contributed by atoms with E-state index in [4.69, 9.17) is 5.11 Å². The number of aliphatic carboxylic acids is 1. The van der Waals surface area contributed by atoms with Gasteiger partial charge in [0.2, 0.25) is 0 Å². The zero-order chi connectivity index (χ0) is 19.1. The highest BCUT2D eigenvalue weighted by Gasteiger charge is 1.95. The van der Waals surface area contributed by atoms with Gasteiger partial charge in [-0.25, -0.2) is 0 Å². The number of hydrogen-bond donors (Lipinski definition) is 1. The molecule has 0 heterocycles. The molecule has 2 heteroatoms. The fourth-order valence-electron chi connectivity index (χ4n) is 2.46. The summed E-state index contributed by atoms with van der Waals surface area (Å²) in [5, 5.41) is 8.54. The minimum Gasteiger partial charge on any atom is -0.481 e. The summed E-state index contributed by atoms with van der Waals surface area (Å²) < 4.78 is 0. The Morgan fingerprint density at radius 2 is 1.08 bits per heavy atom. The fraction of sp³-hybridized carbons (Fsp3) is 0.542. The standard InChI is InChI=1S/C24H38O2/c1-2-3-4-5-6-7-8-9-10-11-12-13-14-15-16-17-18-19-20-21-22-23-24(25)26/h2-3,6-7,10-11,14-17H,4-5,8-9,12-13,18-23H2,1H3,(H,25,26)/b3-2+,7-6+,11-10+,15-14+,17-16+. The van der Waals surface area contributed by atoms with Crippen molar-refractivity contribution in [3.05, 3.63) is 60.8 Å². The van der Waals surface area contributed by atoms with Crippen LogP contribution in [0.25, 0.3) is 0 Å². The molecule has 0 radical (unpaired) electrons. The molecule has 0 spiro atoms. The molecule has 0 aliphatic carbocycles. The zero-order valence-electron chi connectivity index (χ0n) is 16.6. The molecule has 0 aromatic rings. The van der Waals surface area contributed by atoms with Crippen molar-refractivity contribution in [1.29, 1.82) is 0 Å². The molecule has 0 saturated carbocycles. The molecule has 0 rings (SSSR count). The van der Waals surface area contributed by atoms with Gasteiger partial charge in [-0.3, -0.25) is 4.79 Å². The highest BCUT2D eigenvalue weighted by atomic mass is 16.4. The number of rotatable bonds is 17. The van der Waals surface area contributed by atoms with E-state index in [2.05, 4.69) is 67.7 Å². The first-order chi connectivity index (χ1) is 12.8. The van der Waals surface area contributed by atoms with Crippen molar-refractivity contribution in [2.75, 3.05) is 0 Å². The van der Waals surface area contributed by atoms with Gasteiger partial charge in [0, 0.05) is 6.42 Å². The van der Waals surface area contributed by atoms with Gasteiger partial charge >= 0.3 is 5.97 Å². The third-order valence-electron chi connectivity index (χ3n) is 3.96. The van der Waals surface area contributed by atoms with Crippen LogP contribution >= 0.6 is 0 Å². The molecule has 0 bridgehead atoms. The molecule has 0 aliphatic rings. The van der Waals surface area contributed by atoms with Crippen molar-refractivity contribution in [2.24, 2.45) is 0 Å². The van der Waals surface area contributed by atoms with Crippen molar-refractivity contribution in [1.82, 2.24) is 0 Å². The van der Waals surface area contributed by atoms with Gasteiger partial charge < -0.3 is 5.11 Å². The Bertz CT molecular complexity index is 453. The lowest BCUT2D eigenvalue weighted by Crippen LogP contribution is -1.93. The van der Waals surface area contributed by atoms with Crippen molar-refractivity contribution in [3.8, 4) is 0 Å². The molecule has 0 atom stereocenters. The average molecular weight is 359 g/mol. The summed E-state index contributed by atoms with van der Waals surface area (Å²) in [5.74, 6) is -0.683. The Morgan fingerprint density at radius 3 is 1.62 bits per heavy atom. The summed E-state index contributed by atoms with van der Waals surface area (Å²) >= 11 is 0. The molecule has 0 unspecified atom stereocenters. The Morgan fingerprint density at radius 1 is 0.615 bits per heavy atom. The van der Waals surface area contributed by atoms with Crippen molar-refractivity contribution in [2.45, 2.75) is 84.0 Å². The molecule has 0 aliphatic heterocycles. The second-order valence-corrected chi connectivity index (χ2v) is 6.45. The lowest BCUT2D eigenvalue weighted by atomic mass is 10.1. The monoisotopic (exact) mass is 358 g/mol. The summed E-state index contributed by atoms with van der Waals surface area (Å²) in [6, 6.07) is 0. The summed E-state index contributed by atoms with van der Waals surface area (Å²) in [5.41, 5.74) is 0. The molecule has 26 heavy (non-hydrogen) atoms. The Balaban J connectivity index is 3.37. The molecule has 0 saturated heterocycles. The van der Waals surface area contributed by atoms with Gasteiger partial charge in [0.05, 0.1) is 0 Å². The minimum atomic E-state index is -0.683. The van der Waals surface area contributed by atoms with E-state index in [9.17, 15) is 4.79 Å². The number of hydrogen-bond acceptors (Lipinski definition) is 1. The second kappa shape index (κ2) is 21.2. The Labute approximate surface area is 161 Å². The first-order valence-electron chi connectivity index (χ1n) is 10.2. The SMILES string of the molecule is C/C=C/CC/C=C/CC/C=C/CC/C=C/C=C/CCCCCCC(=O)O. The van der Waals surface area contributed by atoms with Crippen LogP contribution in [0.2, 0.25) is 0 Å². The van der Waals surface area contributed by atoms with E-state index in [0.29, 0.717) is 6.42 Å². The van der Waals surface area contributed by atoms with Crippen LogP contribution in [0.1, 0.15) is 84.0 Å². The predicted octanol–water partition coefficient (Wildman–Crippen LogP) is 7.55. The van der Waals surface area contributed by atoms with E-state index in [0.717, 1.165) is 70.6 Å². The van der Waals surface area contributed by atoms with Gasteiger partial charge in [0.15, 0.2) is 0 Å². The van der Waals surface area contributed by atoms with Crippen molar-refractivity contribution >= 4 is 5.97 Å². The van der Waals surface area contributed by atoms with E-state index in [-0.39, 0.29) is 0 Å². The number of carboxylic acid groups (broad SMARTS) is 1.